The lowest BCUT2D eigenvalue weighted by molar-refractivity contribution is -0.390. The molecule has 1 aromatic heterocycles. The van der Waals surface area contributed by atoms with Crippen LogP contribution in [0.15, 0.2) is 6.07 Å². The molecule has 0 saturated heterocycles. The molecule has 0 saturated carbocycles. The third-order valence-corrected chi connectivity index (χ3v) is 2.93. The maximum absolute atomic E-state index is 12.5. The number of hydrogen-bond acceptors (Lipinski definition) is 3. The van der Waals surface area contributed by atoms with Crippen molar-refractivity contribution in [2.75, 3.05) is 0 Å². The smallest absolute Gasteiger partial charge is 0.358 e. The molecule has 0 atom stereocenters. The van der Waals surface area contributed by atoms with Crippen LogP contribution in [0.3, 0.4) is 0 Å². The first-order chi connectivity index (χ1) is 6.97. The van der Waals surface area contributed by atoms with Crippen LogP contribution in [0.5, 0.6) is 0 Å². The van der Waals surface area contributed by atoms with Gasteiger partial charge >= 0.3 is 5.82 Å². The Hall–Kier alpha value is -0.380. The second kappa shape index (κ2) is 5.10. The number of nitro groups is 1. The Labute approximate surface area is 105 Å². The van der Waals surface area contributed by atoms with Gasteiger partial charge in [-0.1, -0.05) is 15.9 Å². The Balaban J connectivity index is 3.35. The van der Waals surface area contributed by atoms with Crippen LogP contribution >= 0.6 is 38.5 Å². The van der Waals surface area contributed by atoms with Gasteiger partial charge < -0.3 is 10.1 Å². The summed E-state index contributed by atoms with van der Waals surface area (Å²) in [4.78, 5) is 13.4. The molecular formula is C7H4BrF2IN2O2. The minimum atomic E-state index is -2.68. The van der Waals surface area contributed by atoms with Gasteiger partial charge in [0.2, 0.25) is 0 Å². The molecule has 0 aromatic carbocycles. The summed E-state index contributed by atoms with van der Waals surface area (Å²) in [6.45, 7) is 0. The summed E-state index contributed by atoms with van der Waals surface area (Å²) in [6.07, 6.45) is -2.68. The second-order valence-electron chi connectivity index (χ2n) is 2.52. The zero-order valence-corrected chi connectivity index (χ0v) is 10.8. The van der Waals surface area contributed by atoms with E-state index in [-0.39, 0.29) is 20.2 Å². The van der Waals surface area contributed by atoms with E-state index in [2.05, 4.69) is 20.9 Å². The molecule has 0 aliphatic heterocycles. The quantitative estimate of drug-likeness (QED) is 0.343. The molecule has 8 heteroatoms. The van der Waals surface area contributed by atoms with E-state index in [1.165, 1.54) is 0 Å². The van der Waals surface area contributed by atoms with Crippen LogP contribution in [0.1, 0.15) is 17.7 Å². The number of rotatable bonds is 3. The van der Waals surface area contributed by atoms with E-state index >= 15 is 0 Å². The lowest BCUT2D eigenvalue weighted by atomic mass is 10.2. The first-order valence-electron chi connectivity index (χ1n) is 3.65. The van der Waals surface area contributed by atoms with Crippen LogP contribution in [-0.2, 0) is 5.33 Å². The first kappa shape index (κ1) is 12.7. The molecule has 4 nitrogen and oxygen atoms in total. The summed E-state index contributed by atoms with van der Waals surface area (Å²) >= 11 is 4.58. The highest BCUT2D eigenvalue weighted by molar-refractivity contribution is 14.1. The summed E-state index contributed by atoms with van der Waals surface area (Å²) in [6, 6.07) is 1.09. The highest BCUT2D eigenvalue weighted by atomic mass is 127. The summed E-state index contributed by atoms with van der Waals surface area (Å²) < 4.78 is 25.1. The van der Waals surface area contributed by atoms with Gasteiger partial charge in [0.15, 0.2) is 5.69 Å². The molecule has 0 aliphatic rings. The molecule has 1 heterocycles. The number of pyridine rings is 1. The van der Waals surface area contributed by atoms with Gasteiger partial charge in [0.25, 0.3) is 6.43 Å². The van der Waals surface area contributed by atoms with E-state index in [0.717, 1.165) is 6.07 Å². The van der Waals surface area contributed by atoms with Crippen molar-refractivity contribution in [1.82, 2.24) is 4.98 Å². The maximum Gasteiger partial charge on any atom is 0.377 e. The average Bonchev–Trinajstić information content (AvgIpc) is 2.16. The van der Waals surface area contributed by atoms with Gasteiger partial charge in [0.05, 0.1) is 10.9 Å². The predicted octanol–water partition coefficient (Wildman–Crippen LogP) is 3.43. The minimum Gasteiger partial charge on any atom is -0.358 e. The van der Waals surface area contributed by atoms with Gasteiger partial charge in [-0.05, 0) is 38.6 Å². The zero-order valence-electron chi connectivity index (χ0n) is 7.08. The van der Waals surface area contributed by atoms with E-state index in [0.29, 0.717) is 0 Å². The van der Waals surface area contributed by atoms with Gasteiger partial charge in [-0.15, -0.1) is 0 Å². The third-order valence-electron chi connectivity index (χ3n) is 1.60. The number of alkyl halides is 3. The minimum absolute atomic E-state index is 0.00267. The monoisotopic (exact) mass is 392 g/mol. The Morgan fingerprint density at radius 3 is 2.67 bits per heavy atom. The van der Waals surface area contributed by atoms with Crippen LogP contribution in [-0.4, -0.2) is 9.91 Å². The molecule has 15 heavy (non-hydrogen) atoms. The van der Waals surface area contributed by atoms with Gasteiger partial charge in [0.1, 0.15) is 3.57 Å². The van der Waals surface area contributed by atoms with Crippen molar-refractivity contribution in [1.29, 1.82) is 0 Å². The lowest BCUT2D eigenvalue weighted by Crippen LogP contribution is -2.03. The van der Waals surface area contributed by atoms with Crippen molar-refractivity contribution in [3.63, 3.8) is 0 Å². The fourth-order valence-electron chi connectivity index (χ4n) is 0.954. The van der Waals surface area contributed by atoms with E-state index < -0.39 is 17.2 Å². The van der Waals surface area contributed by atoms with E-state index in [1.807, 2.05) is 0 Å². The summed E-state index contributed by atoms with van der Waals surface area (Å²) in [7, 11) is 0. The first-order valence-corrected chi connectivity index (χ1v) is 5.85. The second-order valence-corrected chi connectivity index (χ2v) is 4.24. The highest BCUT2D eigenvalue weighted by Gasteiger charge is 2.24. The third kappa shape index (κ3) is 2.80. The van der Waals surface area contributed by atoms with E-state index in [4.69, 9.17) is 0 Å². The van der Waals surface area contributed by atoms with Crippen molar-refractivity contribution in [2.24, 2.45) is 0 Å². The summed E-state index contributed by atoms with van der Waals surface area (Å²) in [5.74, 6) is -0.394. The number of halogens is 4. The number of nitrogens with zero attached hydrogens (tertiary/aromatic N) is 2. The zero-order chi connectivity index (χ0) is 11.6. The van der Waals surface area contributed by atoms with Crippen LogP contribution in [0, 0.1) is 13.7 Å². The van der Waals surface area contributed by atoms with Gasteiger partial charge in [-0.25, -0.2) is 8.78 Å². The highest BCUT2D eigenvalue weighted by Crippen LogP contribution is 2.29. The molecule has 0 spiro atoms. The summed E-state index contributed by atoms with van der Waals surface area (Å²) in [5.41, 5.74) is -0.279. The Bertz CT molecular complexity index is 403. The van der Waals surface area contributed by atoms with Crippen LogP contribution in [0.4, 0.5) is 14.6 Å². The fourth-order valence-corrected chi connectivity index (χ4v) is 2.06. The number of aromatic nitrogens is 1. The molecule has 0 radical (unpaired) electrons. The molecular weight excluding hydrogens is 389 g/mol. The standard InChI is InChI=1S/C7H4BrF2IN2O2/c8-2-5-3(6(9)10)1-4(11)7(12-5)13(14)15/h1,6H,2H2. The molecule has 0 N–H and O–H groups in total. The lowest BCUT2D eigenvalue weighted by Gasteiger charge is -2.03. The molecule has 1 rings (SSSR count). The Kier molecular flexibility index (Phi) is 4.32. The van der Waals surface area contributed by atoms with Crippen LogP contribution < -0.4 is 0 Å². The van der Waals surface area contributed by atoms with Gasteiger partial charge in [-0.3, -0.25) is 0 Å². The van der Waals surface area contributed by atoms with Gasteiger partial charge in [0, 0.05) is 0 Å². The average molecular weight is 393 g/mol. The molecule has 82 valence electrons. The number of hydrogen-bond donors (Lipinski definition) is 0. The summed E-state index contributed by atoms with van der Waals surface area (Å²) in [5, 5.41) is 10.6. The Morgan fingerprint density at radius 1 is 1.67 bits per heavy atom. The SMILES string of the molecule is O=[N+]([O-])c1nc(CBr)c(C(F)F)cc1I. The fraction of sp³-hybridized carbons (Fsp3) is 0.286. The van der Waals surface area contributed by atoms with Gasteiger partial charge in [-0.2, -0.15) is 0 Å². The molecule has 0 unspecified atom stereocenters. The Morgan fingerprint density at radius 2 is 2.27 bits per heavy atom. The van der Waals surface area contributed by atoms with E-state index in [1.54, 1.807) is 22.6 Å². The predicted molar refractivity (Wildman–Crippen MR) is 61.2 cm³/mol. The van der Waals surface area contributed by atoms with Crippen LogP contribution in [0.2, 0.25) is 0 Å². The van der Waals surface area contributed by atoms with Crippen LogP contribution in [0.25, 0.3) is 0 Å². The largest absolute Gasteiger partial charge is 0.377 e. The molecule has 0 aliphatic carbocycles. The van der Waals surface area contributed by atoms with Crippen molar-refractivity contribution in [3.05, 3.63) is 31.0 Å². The molecule has 0 amide bonds. The van der Waals surface area contributed by atoms with E-state index in [9.17, 15) is 18.9 Å². The van der Waals surface area contributed by atoms with Crippen molar-refractivity contribution in [3.8, 4) is 0 Å². The molecule has 1 aromatic rings. The van der Waals surface area contributed by atoms with Crippen molar-refractivity contribution in [2.45, 2.75) is 11.8 Å². The maximum atomic E-state index is 12.5. The topological polar surface area (TPSA) is 56.0 Å². The normalized spacial score (nSPS) is 10.7. The van der Waals surface area contributed by atoms with Crippen molar-refractivity contribution >= 4 is 44.3 Å². The molecule has 0 bridgehead atoms. The molecule has 0 fully saturated rings. The van der Waals surface area contributed by atoms with Crippen molar-refractivity contribution < 1.29 is 13.7 Å².